The summed E-state index contributed by atoms with van der Waals surface area (Å²) in [6.45, 7) is 0. The molecule has 0 bridgehead atoms. The SMILES string of the molecule is BC1CC(B)C(B)CC1B. The zero-order valence-electron chi connectivity index (χ0n) is 7.72. The van der Waals surface area contributed by atoms with Crippen molar-refractivity contribution in [1.82, 2.24) is 0 Å². The van der Waals surface area contributed by atoms with Crippen LogP contribution in [-0.4, -0.2) is 31.4 Å². The van der Waals surface area contributed by atoms with Crippen LogP contribution in [0.2, 0.25) is 23.3 Å². The van der Waals surface area contributed by atoms with Gasteiger partial charge in [0, 0.05) is 0 Å². The Hall–Kier alpha value is 0.260. The minimum atomic E-state index is 0.964. The fraction of sp³-hybridized carbons (Fsp3) is 1.00. The molecule has 0 radical (unpaired) electrons. The summed E-state index contributed by atoms with van der Waals surface area (Å²) in [6, 6.07) is 0. The quantitative estimate of drug-likeness (QED) is 0.350. The van der Waals surface area contributed by atoms with Crippen LogP contribution in [0.3, 0.4) is 0 Å². The van der Waals surface area contributed by atoms with Gasteiger partial charge in [-0.05, 0) is 0 Å². The van der Waals surface area contributed by atoms with Gasteiger partial charge >= 0.3 is 0 Å². The highest BCUT2D eigenvalue weighted by Gasteiger charge is 2.26. The van der Waals surface area contributed by atoms with Crippen molar-refractivity contribution in [2.24, 2.45) is 0 Å². The Morgan fingerprint density at radius 2 is 0.800 bits per heavy atom. The van der Waals surface area contributed by atoms with Crippen molar-refractivity contribution in [3.05, 3.63) is 0 Å². The molecule has 4 atom stereocenters. The molecule has 1 aliphatic rings. The highest BCUT2D eigenvalue weighted by molar-refractivity contribution is 6.25. The third-order valence-corrected chi connectivity index (χ3v) is 3.43. The lowest BCUT2D eigenvalue weighted by Gasteiger charge is -2.35. The average molecular weight is 131 g/mol. The molecule has 1 fully saturated rings. The van der Waals surface area contributed by atoms with E-state index in [1.165, 1.54) is 12.8 Å². The Kier molecular flexibility index (Phi) is 2.60. The van der Waals surface area contributed by atoms with Crippen LogP contribution in [0.4, 0.5) is 0 Å². The normalized spacial score (nSPS) is 48.8. The summed E-state index contributed by atoms with van der Waals surface area (Å²) in [6.07, 6.45) is 2.89. The van der Waals surface area contributed by atoms with Gasteiger partial charge in [0.25, 0.3) is 0 Å². The first-order valence-corrected chi connectivity index (χ1v) is 4.61. The molecule has 0 aromatic heterocycles. The Bertz CT molecular complexity index is 90.3. The van der Waals surface area contributed by atoms with Crippen LogP contribution in [0.5, 0.6) is 0 Å². The predicted octanol–water partition coefficient (Wildman–Crippen LogP) is -1.53. The van der Waals surface area contributed by atoms with E-state index in [0.717, 1.165) is 23.3 Å². The molecule has 1 saturated carbocycles. The maximum atomic E-state index is 2.40. The van der Waals surface area contributed by atoms with Gasteiger partial charge < -0.3 is 0 Å². The van der Waals surface area contributed by atoms with Gasteiger partial charge in [0.2, 0.25) is 0 Å². The van der Waals surface area contributed by atoms with Crippen LogP contribution in [0.25, 0.3) is 0 Å². The van der Waals surface area contributed by atoms with E-state index in [-0.39, 0.29) is 0 Å². The molecule has 4 heteroatoms. The van der Waals surface area contributed by atoms with Gasteiger partial charge in [0.05, 0.1) is 0 Å². The van der Waals surface area contributed by atoms with Gasteiger partial charge in [0.1, 0.15) is 31.4 Å². The van der Waals surface area contributed by atoms with Crippen molar-refractivity contribution in [2.75, 3.05) is 0 Å². The molecule has 0 heterocycles. The van der Waals surface area contributed by atoms with Gasteiger partial charge in [-0.3, -0.25) is 0 Å². The van der Waals surface area contributed by atoms with Crippen LogP contribution >= 0.6 is 0 Å². The number of rotatable bonds is 0. The third-order valence-electron chi connectivity index (χ3n) is 3.43. The Balaban J connectivity index is 2.46. The highest BCUT2D eigenvalue weighted by atomic mass is 14.2. The maximum Gasteiger partial charge on any atom is 0.104 e. The van der Waals surface area contributed by atoms with Gasteiger partial charge in [-0.2, -0.15) is 0 Å². The van der Waals surface area contributed by atoms with Crippen molar-refractivity contribution in [1.29, 1.82) is 0 Å². The molecule has 1 aliphatic carbocycles. The maximum absolute atomic E-state index is 2.40. The Labute approximate surface area is 68.2 Å². The topological polar surface area (TPSA) is 0 Å². The highest BCUT2D eigenvalue weighted by Crippen LogP contribution is 2.45. The third kappa shape index (κ3) is 1.65. The Morgan fingerprint density at radius 3 is 1.00 bits per heavy atom. The van der Waals surface area contributed by atoms with Crippen LogP contribution in [0.15, 0.2) is 0 Å². The summed E-state index contributed by atoms with van der Waals surface area (Å²) in [5.74, 6) is 3.86. The summed E-state index contributed by atoms with van der Waals surface area (Å²) >= 11 is 0. The van der Waals surface area contributed by atoms with Crippen molar-refractivity contribution in [3.63, 3.8) is 0 Å². The number of hydrogen-bond donors (Lipinski definition) is 0. The fourth-order valence-electron chi connectivity index (χ4n) is 2.10. The molecule has 1 rings (SSSR count). The first kappa shape index (κ1) is 8.36. The van der Waals surface area contributed by atoms with Crippen molar-refractivity contribution < 1.29 is 0 Å². The second-order valence-electron chi connectivity index (χ2n) is 4.38. The minimum absolute atomic E-state index is 0.964. The summed E-state index contributed by atoms with van der Waals surface area (Å²) in [5.41, 5.74) is 0. The van der Waals surface area contributed by atoms with E-state index < -0.39 is 0 Å². The van der Waals surface area contributed by atoms with Crippen LogP contribution < -0.4 is 0 Å². The lowest BCUT2D eigenvalue weighted by molar-refractivity contribution is 0.504. The summed E-state index contributed by atoms with van der Waals surface area (Å²) in [4.78, 5) is 0. The summed E-state index contributed by atoms with van der Waals surface area (Å²) < 4.78 is 0. The van der Waals surface area contributed by atoms with E-state index in [1.807, 2.05) is 0 Å². The molecule has 0 aromatic carbocycles. The number of hydrogen-bond acceptors (Lipinski definition) is 0. The van der Waals surface area contributed by atoms with Crippen molar-refractivity contribution >= 4 is 31.4 Å². The molecule has 0 spiro atoms. The second-order valence-corrected chi connectivity index (χ2v) is 4.38. The van der Waals surface area contributed by atoms with E-state index in [4.69, 9.17) is 0 Å². The standard InChI is InChI=1S/C6H16B4/c7-3-1-4(8)6(10)2-5(3)9/h3-6H,1-2,7-10H2. The molecule has 0 N–H and O–H groups in total. The van der Waals surface area contributed by atoms with Crippen molar-refractivity contribution in [3.8, 4) is 0 Å². The average Bonchev–Trinajstić information content (AvgIpc) is 1.84. The molecule has 0 aromatic rings. The van der Waals surface area contributed by atoms with E-state index in [2.05, 4.69) is 31.4 Å². The van der Waals surface area contributed by atoms with E-state index in [0.29, 0.717) is 0 Å². The lowest BCUT2D eigenvalue weighted by atomic mass is 9.48. The van der Waals surface area contributed by atoms with Gasteiger partial charge in [0.15, 0.2) is 0 Å². The molecule has 52 valence electrons. The predicted molar refractivity (Wildman–Crippen MR) is 58.4 cm³/mol. The molecule has 0 amide bonds. The molecule has 0 nitrogen and oxygen atoms in total. The van der Waals surface area contributed by atoms with Crippen LogP contribution in [0, 0.1) is 0 Å². The first-order chi connectivity index (χ1) is 4.61. The Morgan fingerprint density at radius 1 is 0.600 bits per heavy atom. The van der Waals surface area contributed by atoms with Gasteiger partial charge in [-0.25, -0.2) is 0 Å². The minimum Gasteiger partial charge on any atom is -0.0744 e. The second kappa shape index (κ2) is 3.11. The van der Waals surface area contributed by atoms with E-state index in [1.54, 1.807) is 0 Å². The molecule has 4 unspecified atom stereocenters. The first-order valence-electron chi connectivity index (χ1n) is 4.61. The van der Waals surface area contributed by atoms with E-state index in [9.17, 15) is 0 Å². The fourth-order valence-corrected chi connectivity index (χ4v) is 2.10. The van der Waals surface area contributed by atoms with Crippen LogP contribution in [0.1, 0.15) is 12.8 Å². The zero-order valence-corrected chi connectivity index (χ0v) is 7.72. The smallest absolute Gasteiger partial charge is 0.0744 e. The van der Waals surface area contributed by atoms with E-state index >= 15 is 0 Å². The van der Waals surface area contributed by atoms with Crippen molar-refractivity contribution in [2.45, 2.75) is 36.1 Å². The molecule has 0 saturated heterocycles. The van der Waals surface area contributed by atoms with Crippen LogP contribution in [-0.2, 0) is 0 Å². The largest absolute Gasteiger partial charge is 0.104 e. The molecular formula is C6H16B4. The van der Waals surface area contributed by atoms with Gasteiger partial charge in [-0.15, -0.1) is 0 Å². The molecule has 10 heavy (non-hydrogen) atoms. The molecular weight excluding hydrogens is 115 g/mol. The lowest BCUT2D eigenvalue weighted by Crippen LogP contribution is -2.19. The van der Waals surface area contributed by atoms with Gasteiger partial charge in [-0.1, -0.05) is 36.1 Å². The monoisotopic (exact) mass is 132 g/mol. The summed E-state index contributed by atoms with van der Waals surface area (Å²) in [7, 11) is 9.58. The molecule has 0 aliphatic heterocycles. The summed E-state index contributed by atoms with van der Waals surface area (Å²) in [5, 5.41) is 0. The zero-order chi connectivity index (χ0) is 7.72.